The second-order valence-corrected chi connectivity index (χ2v) is 2.89. The monoisotopic (exact) mass is 196 g/mol. The van der Waals surface area contributed by atoms with E-state index in [0.717, 1.165) is 6.42 Å². The van der Waals surface area contributed by atoms with Crippen LogP contribution in [0.15, 0.2) is 12.1 Å². The van der Waals surface area contributed by atoms with Gasteiger partial charge in [-0.2, -0.15) is 0 Å². The molecule has 1 rings (SSSR count). The molecule has 0 heterocycles. The smallest absolute Gasteiger partial charge is 0.203 e. The van der Waals surface area contributed by atoms with Crippen molar-refractivity contribution in [2.24, 2.45) is 0 Å². The van der Waals surface area contributed by atoms with E-state index >= 15 is 0 Å². The standard InChI is InChI=1S/C11H16O3/c1-5-8-6-9(12-2)11(14-4)10(7-8)13-3/h6-7H,5H2,1-4H3. The fourth-order valence-electron chi connectivity index (χ4n) is 1.34. The van der Waals surface area contributed by atoms with E-state index in [0.29, 0.717) is 17.2 Å². The Balaban J connectivity index is 3.24. The van der Waals surface area contributed by atoms with Gasteiger partial charge in [0.05, 0.1) is 21.3 Å². The molecule has 0 amide bonds. The quantitative estimate of drug-likeness (QED) is 0.739. The van der Waals surface area contributed by atoms with Crippen LogP contribution < -0.4 is 14.2 Å². The van der Waals surface area contributed by atoms with Gasteiger partial charge in [-0.1, -0.05) is 6.92 Å². The maximum atomic E-state index is 5.22. The predicted octanol–water partition coefficient (Wildman–Crippen LogP) is 2.27. The van der Waals surface area contributed by atoms with Crippen molar-refractivity contribution in [2.75, 3.05) is 21.3 Å². The topological polar surface area (TPSA) is 27.7 Å². The first kappa shape index (κ1) is 10.7. The van der Waals surface area contributed by atoms with Crippen LogP contribution in [-0.4, -0.2) is 21.3 Å². The molecule has 3 nitrogen and oxygen atoms in total. The second-order valence-electron chi connectivity index (χ2n) is 2.89. The van der Waals surface area contributed by atoms with E-state index in [1.54, 1.807) is 21.3 Å². The van der Waals surface area contributed by atoms with Crippen molar-refractivity contribution in [3.63, 3.8) is 0 Å². The van der Waals surface area contributed by atoms with Gasteiger partial charge in [0.2, 0.25) is 5.75 Å². The van der Waals surface area contributed by atoms with E-state index in [1.165, 1.54) is 5.56 Å². The molecule has 0 aliphatic heterocycles. The Morgan fingerprint density at radius 2 is 1.43 bits per heavy atom. The molecule has 0 N–H and O–H groups in total. The molecule has 14 heavy (non-hydrogen) atoms. The van der Waals surface area contributed by atoms with Gasteiger partial charge in [-0.3, -0.25) is 0 Å². The summed E-state index contributed by atoms with van der Waals surface area (Å²) in [5.74, 6) is 2.07. The lowest BCUT2D eigenvalue weighted by Crippen LogP contribution is -1.96. The highest BCUT2D eigenvalue weighted by Gasteiger charge is 2.11. The molecule has 0 spiro atoms. The Morgan fingerprint density at radius 3 is 1.71 bits per heavy atom. The van der Waals surface area contributed by atoms with Crippen LogP contribution in [0.3, 0.4) is 0 Å². The van der Waals surface area contributed by atoms with Crippen LogP contribution >= 0.6 is 0 Å². The minimum absolute atomic E-state index is 0.646. The largest absolute Gasteiger partial charge is 0.493 e. The SMILES string of the molecule is CCc1cc(OC)c(OC)c(OC)c1. The van der Waals surface area contributed by atoms with Gasteiger partial charge in [0, 0.05) is 0 Å². The molecule has 0 aromatic heterocycles. The van der Waals surface area contributed by atoms with E-state index in [4.69, 9.17) is 14.2 Å². The molecule has 3 heteroatoms. The lowest BCUT2D eigenvalue weighted by atomic mass is 10.1. The fraction of sp³-hybridized carbons (Fsp3) is 0.455. The van der Waals surface area contributed by atoms with Crippen LogP contribution in [0.5, 0.6) is 17.2 Å². The van der Waals surface area contributed by atoms with Crippen LogP contribution in [0.4, 0.5) is 0 Å². The number of hydrogen-bond donors (Lipinski definition) is 0. The molecule has 0 bridgehead atoms. The fourth-order valence-corrected chi connectivity index (χ4v) is 1.34. The van der Waals surface area contributed by atoms with E-state index < -0.39 is 0 Å². The molecule has 0 saturated carbocycles. The number of rotatable bonds is 4. The second kappa shape index (κ2) is 4.74. The highest BCUT2D eigenvalue weighted by Crippen LogP contribution is 2.38. The molecular weight excluding hydrogens is 180 g/mol. The van der Waals surface area contributed by atoms with Gasteiger partial charge in [-0.25, -0.2) is 0 Å². The average Bonchev–Trinajstić information content (AvgIpc) is 2.26. The zero-order valence-corrected chi connectivity index (χ0v) is 9.09. The van der Waals surface area contributed by atoms with Gasteiger partial charge < -0.3 is 14.2 Å². The van der Waals surface area contributed by atoms with Crippen molar-refractivity contribution in [3.05, 3.63) is 17.7 Å². The Hall–Kier alpha value is -1.38. The van der Waals surface area contributed by atoms with Gasteiger partial charge in [-0.15, -0.1) is 0 Å². The third-order valence-corrected chi connectivity index (χ3v) is 2.13. The molecule has 1 aromatic carbocycles. The summed E-state index contributed by atoms with van der Waals surface area (Å²) in [6.45, 7) is 2.08. The van der Waals surface area contributed by atoms with Crippen molar-refractivity contribution in [3.8, 4) is 17.2 Å². The van der Waals surface area contributed by atoms with Gasteiger partial charge in [0.15, 0.2) is 11.5 Å². The van der Waals surface area contributed by atoms with Crippen molar-refractivity contribution in [1.82, 2.24) is 0 Å². The molecule has 0 aliphatic carbocycles. The number of hydrogen-bond acceptors (Lipinski definition) is 3. The summed E-state index contributed by atoms with van der Waals surface area (Å²) >= 11 is 0. The first-order chi connectivity index (χ1) is 6.76. The van der Waals surface area contributed by atoms with Crippen LogP contribution in [0, 0.1) is 0 Å². The van der Waals surface area contributed by atoms with Gasteiger partial charge in [-0.05, 0) is 24.1 Å². The zero-order valence-electron chi connectivity index (χ0n) is 9.09. The summed E-state index contributed by atoms with van der Waals surface area (Å²) in [6, 6.07) is 3.92. The molecule has 0 saturated heterocycles. The first-order valence-electron chi connectivity index (χ1n) is 4.55. The molecule has 0 fully saturated rings. The number of aryl methyl sites for hydroxylation is 1. The number of ether oxygens (including phenoxy) is 3. The maximum absolute atomic E-state index is 5.22. The highest BCUT2D eigenvalue weighted by molar-refractivity contribution is 5.53. The van der Waals surface area contributed by atoms with Crippen LogP contribution in [0.1, 0.15) is 12.5 Å². The summed E-state index contributed by atoms with van der Waals surface area (Å²) in [6.07, 6.45) is 0.941. The lowest BCUT2D eigenvalue weighted by Gasteiger charge is -2.13. The third kappa shape index (κ3) is 1.92. The van der Waals surface area contributed by atoms with Crippen molar-refractivity contribution >= 4 is 0 Å². The summed E-state index contributed by atoms with van der Waals surface area (Å²) in [5.41, 5.74) is 1.17. The van der Waals surface area contributed by atoms with E-state index in [-0.39, 0.29) is 0 Å². The Labute approximate surface area is 84.6 Å². The van der Waals surface area contributed by atoms with E-state index in [2.05, 4.69) is 6.92 Å². The number of methoxy groups -OCH3 is 3. The minimum atomic E-state index is 0.646. The van der Waals surface area contributed by atoms with E-state index in [1.807, 2.05) is 12.1 Å². The zero-order chi connectivity index (χ0) is 10.6. The first-order valence-corrected chi connectivity index (χ1v) is 4.55. The van der Waals surface area contributed by atoms with Gasteiger partial charge in [0.25, 0.3) is 0 Å². The molecule has 0 aliphatic rings. The molecular formula is C11H16O3. The van der Waals surface area contributed by atoms with Gasteiger partial charge >= 0.3 is 0 Å². The molecule has 1 aromatic rings. The molecule has 78 valence electrons. The lowest BCUT2D eigenvalue weighted by molar-refractivity contribution is 0.324. The van der Waals surface area contributed by atoms with Crippen LogP contribution in [0.25, 0.3) is 0 Å². The Kier molecular flexibility index (Phi) is 3.63. The third-order valence-electron chi connectivity index (χ3n) is 2.13. The van der Waals surface area contributed by atoms with Crippen LogP contribution in [0.2, 0.25) is 0 Å². The summed E-state index contributed by atoms with van der Waals surface area (Å²) in [4.78, 5) is 0. The maximum Gasteiger partial charge on any atom is 0.203 e. The summed E-state index contributed by atoms with van der Waals surface area (Å²) in [7, 11) is 4.85. The summed E-state index contributed by atoms with van der Waals surface area (Å²) in [5, 5.41) is 0. The molecule has 0 unspecified atom stereocenters. The molecule has 0 atom stereocenters. The Morgan fingerprint density at radius 1 is 0.929 bits per heavy atom. The van der Waals surface area contributed by atoms with Crippen LogP contribution in [-0.2, 0) is 6.42 Å². The normalized spacial score (nSPS) is 9.71. The summed E-state index contributed by atoms with van der Waals surface area (Å²) < 4.78 is 15.6. The predicted molar refractivity (Wildman–Crippen MR) is 55.5 cm³/mol. The molecule has 0 radical (unpaired) electrons. The highest BCUT2D eigenvalue weighted by atomic mass is 16.5. The number of benzene rings is 1. The van der Waals surface area contributed by atoms with E-state index in [9.17, 15) is 0 Å². The van der Waals surface area contributed by atoms with Gasteiger partial charge in [0.1, 0.15) is 0 Å². The average molecular weight is 196 g/mol. The minimum Gasteiger partial charge on any atom is -0.493 e. The van der Waals surface area contributed by atoms with Crippen molar-refractivity contribution in [2.45, 2.75) is 13.3 Å². The van der Waals surface area contributed by atoms with Crippen molar-refractivity contribution < 1.29 is 14.2 Å². The Bertz CT molecular complexity index is 282. The van der Waals surface area contributed by atoms with Crippen molar-refractivity contribution in [1.29, 1.82) is 0 Å².